The molecule has 0 spiro atoms. The molecule has 162 valence electrons. The number of benzene rings is 1. The van der Waals surface area contributed by atoms with Crippen LogP contribution in [-0.2, 0) is 6.54 Å². The van der Waals surface area contributed by atoms with Crippen LogP contribution in [0.2, 0.25) is 0 Å². The number of rotatable bonds is 5. The van der Waals surface area contributed by atoms with Gasteiger partial charge in [-0.05, 0) is 61.6 Å². The maximum Gasteiger partial charge on any atom is 0.135 e. The molecule has 6 aromatic rings. The van der Waals surface area contributed by atoms with E-state index in [0.717, 1.165) is 67.8 Å². The fraction of sp³-hybridized carbons (Fsp3) is 0.115. The van der Waals surface area contributed by atoms with Crippen molar-refractivity contribution in [3.8, 4) is 33.8 Å². The SMILES string of the molecule is CN(C)Cc1cncc(-c2ccc3[nH]nc(-c4cc5c(-c6ccoc6)cccc5[nH]4)c3n2)c1. The van der Waals surface area contributed by atoms with Crippen molar-refractivity contribution in [3.05, 3.63) is 79.0 Å². The van der Waals surface area contributed by atoms with Gasteiger partial charge < -0.3 is 14.3 Å². The Morgan fingerprint density at radius 3 is 2.76 bits per heavy atom. The highest BCUT2D eigenvalue weighted by atomic mass is 16.3. The third-order valence-electron chi connectivity index (χ3n) is 5.75. The van der Waals surface area contributed by atoms with Crippen LogP contribution in [0.4, 0.5) is 0 Å². The number of pyridine rings is 2. The summed E-state index contributed by atoms with van der Waals surface area (Å²) >= 11 is 0. The summed E-state index contributed by atoms with van der Waals surface area (Å²) in [7, 11) is 4.10. The molecule has 0 unspecified atom stereocenters. The molecule has 33 heavy (non-hydrogen) atoms. The number of furan rings is 1. The van der Waals surface area contributed by atoms with Crippen LogP contribution in [-0.4, -0.2) is 44.1 Å². The number of nitrogens with one attached hydrogen (secondary N) is 2. The van der Waals surface area contributed by atoms with Gasteiger partial charge in [-0.2, -0.15) is 5.10 Å². The maximum absolute atomic E-state index is 5.29. The van der Waals surface area contributed by atoms with Crippen molar-refractivity contribution < 1.29 is 4.42 Å². The van der Waals surface area contributed by atoms with Crippen molar-refractivity contribution in [2.24, 2.45) is 0 Å². The smallest absolute Gasteiger partial charge is 0.135 e. The third-order valence-corrected chi connectivity index (χ3v) is 5.75. The Bertz CT molecular complexity index is 1580. The van der Waals surface area contributed by atoms with E-state index in [-0.39, 0.29) is 0 Å². The predicted molar refractivity (Wildman–Crippen MR) is 130 cm³/mol. The highest BCUT2D eigenvalue weighted by Gasteiger charge is 2.16. The number of aromatic amines is 2. The molecule has 0 saturated carbocycles. The van der Waals surface area contributed by atoms with Gasteiger partial charge in [0, 0.05) is 41.0 Å². The van der Waals surface area contributed by atoms with Gasteiger partial charge in [0.15, 0.2) is 0 Å². The summed E-state index contributed by atoms with van der Waals surface area (Å²) in [6, 6.07) is 16.5. The summed E-state index contributed by atoms with van der Waals surface area (Å²) in [6.45, 7) is 0.827. The highest BCUT2D eigenvalue weighted by Crippen LogP contribution is 2.34. The third kappa shape index (κ3) is 3.48. The average Bonchev–Trinajstić information content (AvgIpc) is 3.57. The molecule has 2 N–H and O–H groups in total. The largest absolute Gasteiger partial charge is 0.472 e. The lowest BCUT2D eigenvalue weighted by Gasteiger charge is -2.10. The van der Waals surface area contributed by atoms with Crippen LogP contribution in [0.1, 0.15) is 5.56 Å². The van der Waals surface area contributed by atoms with Gasteiger partial charge in [-0.1, -0.05) is 12.1 Å². The number of aromatic nitrogens is 5. The molecule has 7 heteroatoms. The second kappa shape index (κ2) is 7.72. The minimum absolute atomic E-state index is 0.790. The summed E-state index contributed by atoms with van der Waals surface area (Å²) in [5.41, 5.74) is 9.61. The number of nitrogens with zero attached hydrogens (tertiary/aromatic N) is 4. The van der Waals surface area contributed by atoms with Gasteiger partial charge in [-0.3, -0.25) is 10.1 Å². The minimum Gasteiger partial charge on any atom is -0.472 e. The van der Waals surface area contributed by atoms with E-state index in [4.69, 9.17) is 9.40 Å². The average molecular weight is 435 g/mol. The molecule has 5 aromatic heterocycles. The Morgan fingerprint density at radius 2 is 1.91 bits per heavy atom. The first-order chi connectivity index (χ1) is 16.2. The van der Waals surface area contributed by atoms with Gasteiger partial charge in [0.05, 0.1) is 29.4 Å². The molecule has 0 atom stereocenters. The summed E-state index contributed by atoms with van der Waals surface area (Å²) in [4.78, 5) is 15.0. The number of fused-ring (bicyclic) bond motifs is 2. The van der Waals surface area contributed by atoms with E-state index in [9.17, 15) is 0 Å². The summed E-state index contributed by atoms with van der Waals surface area (Å²) < 4.78 is 5.29. The molecular weight excluding hydrogens is 412 g/mol. The van der Waals surface area contributed by atoms with Crippen LogP contribution in [0.15, 0.2) is 77.9 Å². The van der Waals surface area contributed by atoms with Crippen LogP contribution < -0.4 is 0 Å². The first-order valence-corrected chi connectivity index (χ1v) is 10.7. The van der Waals surface area contributed by atoms with E-state index < -0.39 is 0 Å². The standard InChI is InChI=1S/C26H22N6O/c1-32(2)14-16-10-18(13-27-12-16)21-6-7-23-25(29-21)26(31-30-23)24-11-20-19(17-8-9-33-15-17)4-3-5-22(20)28-24/h3-13,15,28H,14H2,1-2H3,(H,30,31). The van der Waals surface area contributed by atoms with Crippen molar-refractivity contribution in [2.45, 2.75) is 6.54 Å². The van der Waals surface area contributed by atoms with Gasteiger partial charge in [-0.25, -0.2) is 4.98 Å². The Kier molecular flexibility index (Phi) is 4.55. The van der Waals surface area contributed by atoms with Crippen molar-refractivity contribution in [3.63, 3.8) is 0 Å². The second-order valence-corrected chi connectivity index (χ2v) is 8.45. The van der Waals surface area contributed by atoms with Crippen molar-refractivity contribution >= 4 is 21.9 Å². The van der Waals surface area contributed by atoms with E-state index in [1.54, 1.807) is 12.5 Å². The normalized spacial score (nSPS) is 11.7. The fourth-order valence-electron chi connectivity index (χ4n) is 4.28. The Morgan fingerprint density at radius 1 is 0.970 bits per heavy atom. The van der Waals surface area contributed by atoms with Gasteiger partial charge in [0.25, 0.3) is 0 Å². The zero-order valence-electron chi connectivity index (χ0n) is 18.3. The monoisotopic (exact) mass is 434 g/mol. The quantitative estimate of drug-likeness (QED) is 0.375. The van der Waals surface area contributed by atoms with Crippen LogP contribution in [0.25, 0.3) is 55.7 Å². The summed E-state index contributed by atoms with van der Waals surface area (Å²) in [6.07, 6.45) is 7.20. The van der Waals surface area contributed by atoms with Crippen LogP contribution in [0.3, 0.4) is 0 Å². The van der Waals surface area contributed by atoms with Gasteiger partial charge in [-0.15, -0.1) is 0 Å². The molecule has 0 aliphatic rings. The van der Waals surface area contributed by atoms with E-state index in [1.165, 1.54) is 0 Å². The lowest BCUT2D eigenvalue weighted by molar-refractivity contribution is 0.402. The molecule has 0 aliphatic heterocycles. The van der Waals surface area contributed by atoms with Crippen molar-refractivity contribution in [1.82, 2.24) is 30.0 Å². The number of hydrogen-bond acceptors (Lipinski definition) is 5. The molecule has 0 fully saturated rings. The molecule has 6 rings (SSSR count). The number of hydrogen-bond donors (Lipinski definition) is 2. The first kappa shape index (κ1) is 19.5. The predicted octanol–water partition coefficient (Wildman–Crippen LogP) is 5.49. The highest BCUT2D eigenvalue weighted by molar-refractivity contribution is 6.00. The zero-order valence-corrected chi connectivity index (χ0v) is 18.3. The van der Waals surface area contributed by atoms with E-state index in [2.05, 4.69) is 49.3 Å². The molecule has 0 aliphatic carbocycles. The maximum atomic E-state index is 5.29. The molecule has 5 heterocycles. The lowest BCUT2D eigenvalue weighted by Crippen LogP contribution is -2.10. The Hall–Kier alpha value is -4.23. The van der Waals surface area contributed by atoms with Crippen molar-refractivity contribution in [1.29, 1.82) is 0 Å². The lowest BCUT2D eigenvalue weighted by atomic mass is 10.0. The van der Waals surface area contributed by atoms with Crippen LogP contribution >= 0.6 is 0 Å². The molecule has 0 bridgehead atoms. The fourth-order valence-corrected chi connectivity index (χ4v) is 4.28. The van der Waals surface area contributed by atoms with Gasteiger partial charge in [0.2, 0.25) is 0 Å². The van der Waals surface area contributed by atoms with Gasteiger partial charge >= 0.3 is 0 Å². The molecule has 0 radical (unpaired) electrons. The first-order valence-electron chi connectivity index (χ1n) is 10.7. The second-order valence-electron chi connectivity index (χ2n) is 8.45. The molecule has 1 aromatic carbocycles. The molecule has 7 nitrogen and oxygen atoms in total. The topological polar surface area (TPSA) is 86.6 Å². The van der Waals surface area contributed by atoms with Crippen molar-refractivity contribution in [2.75, 3.05) is 14.1 Å². The van der Waals surface area contributed by atoms with Crippen LogP contribution in [0.5, 0.6) is 0 Å². The van der Waals surface area contributed by atoms with E-state index in [1.807, 2.05) is 50.8 Å². The van der Waals surface area contributed by atoms with Gasteiger partial charge in [0.1, 0.15) is 11.2 Å². The Balaban J connectivity index is 1.45. The minimum atomic E-state index is 0.790. The number of H-pyrrole nitrogens is 2. The summed E-state index contributed by atoms with van der Waals surface area (Å²) in [5.74, 6) is 0. The Labute approximate surface area is 190 Å². The van der Waals surface area contributed by atoms with Crippen LogP contribution in [0, 0.1) is 0 Å². The van der Waals surface area contributed by atoms with E-state index in [0.29, 0.717) is 0 Å². The zero-order chi connectivity index (χ0) is 22.4. The van der Waals surface area contributed by atoms with E-state index >= 15 is 0 Å². The summed E-state index contributed by atoms with van der Waals surface area (Å²) in [5, 5.41) is 8.82. The molecule has 0 saturated heterocycles. The molecular formula is C26H22N6O. The molecule has 0 amide bonds.